The number of aliphatic carboxylic acids is 1. The largest absolute Gasteiger partial charge is 0.481 e. The van der Waals surface area contributed by atoms with Crippen LogP contribution in [0, 0.1) is 5.82 Å². The molecule has 1 aromatic carbocycles. The monoisotopic (exact) mass is 237 g/mol. The second-order valence-electron chi connectivity index (χ2n) is 4.39. The fourth-order valence-electron chi connectivity index (χ4n) is 2.40. The lowest BCUT2D eigenvalue weighted by Crippen LogP contribution is -2.26. The van der Waals surface area contributed by atoms with Crippen LogP contribution >= 0.6 is 0 Å². The van der Waals surface area contributed by atoms with Gasteiger partial charge < -0.3 is 5.11 Å². The van der Waals surface area contributed by atoms with Crippen molar-refractivity contribution in [1.82, 2.24) is 4.90 Å². The van der Waals surface area contributed by atoms with Crippen LogP contribution in [0.4, 0.5) is 4.39 Å². The number of hydrogen-bond acceptors (Lipinski definition) is 2. The topological polar surface area (TPSA) is 40.5 Å². The van der Waals surface area contributed by atoms with E-state index in [1.165, 1.54) is 12.1 Å². The summed E-state index contributed by atoms with van der Waals surface area (Å²) in [5.74, 6) is -1.00. The van der Waals surface area contributed by atoms with Gasteiger partial charge in [0.25, 0.3) is 0 Å². The van der Waals surface area contributed by atoms with Crippen molar-refractivity contribution >= 4 is 5.97 Å². The van der Waals surface area contributed by atoms with Crippen molar-refractivity contribution in [2.45, 2.75) is 25.3 Å². The van der Waals surface area contributed by atoms with Gasteiger partial charge in [0.05, 0.1) is 6.42 Å². The first-order chi connectivity index (χ1) is 8.16. The second-order valence-corrected chi connectivity index (χ2v) is 4.39. The quantitative estimate of drug-likeness (QED) is 0.874. The Hall–Kier alpha value is -1.42. The van der Waals surface area contributed by atoms with Gasteiger partial charge in [-0.1, -0.05) is 12.1 Å². The molecule has 1 saturated heterocycles. The Balaban J connectivity index is 2.03. The number of carbonyl (C=O) groups is 1. The summed E-state index contributed by atoms with van der Waals surface area (Å²) in [5, 5.41) is 8.69. The van der Waals surface area contributed by atoms with Crippen molar-refractivity contribution in [2.24, 2.45) is 0 Å². The zero-order valence-corrected chi connectivity index (χ0v) is 9.60. The molecule has 0 bridgehead atoms. The minimum Gasteiger partial charge on any atom is -0.481 e. The fraction of sp³-hybridized carbons (Fsp3) is 0.462. The summed E-state index contributed by atoms with van der Waals surface area (Å²) in [5.41, 5.74) is 1.08. The molecule has 1 heterocycles. The van der Waals surface area contributed by atoms with Crippen molar-refractivity contribution in [3.05, 3.63) is 35.6 Å². The first-order valence-electron chi connectivity index (χ1n) is 5.88. The van der Waals surface area contributed by atoms with Crippen LogP contribution in [-0.2, 0) is 4.79 Å². The summed E-state index contributed by atoms with van der Waals surface area (Å²) >= 11 is 0. The first-order valence-corrected chi connectivity index (χ1v) is 5.88. The molecule has 0 spiro atoms. The van der Waals surface area contributed by atoms with E-state index in [2.05, 4.69) is 4.90 Å². The summed E-state index contributed by atoms with van der Waals surface area (Å²) < 4.78 is 12.8. The van der Waals surface area contributed by atoms with Gasteiger partial charge in [-0.3, -0.25) is 9.69 Å². The molecule has 0 amide bonds. The van der Waals surface area contributed by atoms with E-state index in [-0.39, 0.29) is 18.3 Å². The van der Waals surface area contributed by atoms with E-state index in [0.717, 1.165) is 24.9 Å². The van der Waals surface area contributed by atoms with Gasteiger partial charge in [0, 0.05) is 12.6 Å². The molecule has 3 nitrogen and oxygen atoms in total. The van der Waals surface area contributed by atoms with Crippen molar-refractivity contribution in [2.75, 3.05) is 13.1 Å². The Morgan fingerprint density at radius 2 is 2.12 bits per heavy atom. The number of rotatable bonds is 4. The Labute approximate surface area is 99.9 Å². The molecule has 92 valence electrons. The number of nitrogens with zero attached hydrogens (tertiary/aromatic N) is 1. The molecule has 2 rings (SSSR count). The average Bonchev–Trinajstić information content (AvgIpc) is 2.75. The third-order valence-corrected chi connectivity index (χ3v) is 3.23. The SMILES string of the molecule is O=C(O)CCN1CCC[C@H]1c1ccc(F)cc1. The lowest BCUT2D eigenvalue weighted by molar-refractivity contribution is -0.137. The van der Waals surface area contributed by atoms with E-state index >= 15 is 0 Å². The maximum atomic E-state index is 12.8. The maximum Gasteiger partial charge on any atom is 0.304 e. The van der Waals surface area contributed by atoms with E-state index in [9.17, 15) is 9.18 Å². The van der Waals surface area contributed by atoms with Gasteiger partial charge in [-0.15, -0.1) is 0 Å². The van der Waals surface area contributed by atoms with Crippen LogP contribution in [0.25, 0.3) is 0 Å². The summed E-state index contributed by atoms with van der Waals surface area (Å²) in [6, 6.07) is 6.75. The van der Waals surface area contributed by atoms with Crippen LogP contribution in [-0.4, -0.2) is 29.1 Å². The fourth-order valence-corrected chi connectivity index (χ4v) is 2.40. The molecule has 0 aliphatic carbocycles. The van der Waals surface area contributed by atoms with Crippen molar-refractivity contribution in [3.63, 3.8) is 0 Å². The lowest BCUT2D eigenvalue weighted by atomic mass is 10.0. The highest BCUT2D eigenvalue weighted by Crippen LogP contribution is 2.31. The number of benzene rings is 1. The Kier molecular flexibility index (Phi) is 3.74. The molecule has 1 N–H and O–H groups in total. The Morgan fingerprint density at radius 1 is 1.41 bits per heavy atom. The van der Waals surface area contributed by atoms with Crippen molar-refractivity contribution < 1.29 is 14.3 Å². The summed E-state index contributed by atoms with van der Waals surface area (Å²) in [7, 11) is 0. The minimum absolute atomic E-state index is 0.164. The van der Waals surface area contributed by atoms with Crippen LogP contribution in [0.2, 0.25) is 0 Å². The van der Waals surface area contributed by atoms with E-state index in [0.29, 0.717) is 6.54 Å². The highest BCUT2D eigenvalue weighted by atomic mass is 19.1. The van der Waals surface area contributed by atoms with Crippen LogP contribution < -0.4 is 0 Å². The van der Waals surface area contributed by atoms with E-state index in [4.69, 9.17) is 5.11 Å². The van der Waals surface area contributed by atoms with Gasteiger partial charge in [0.2, 0.25) is 0 Å². The molecule has 1 aliphatic rings. The summed E-state index contributed by atoms with van der Waals surface area (Å²) in [6.07, 6.45) is 2.25. The number of hydrogen-bond donors (Lipinski definition) is 1. The average molecular weight is 237 g/mol. The molecule has 17 heavy (non-hydrogen) atoms. The standard InChI is InChI=1S/C13H16FNO2/c14-11-5-3-10(4-6-11)12-2-1-8-15(12)9-7-13(16)17/h3-6,12H,1-2,7-9H2,(H,16,17)/t12-/m0/s1. The lowest BCUT2D eigenvalue weighted by Gasteiger charge is -2.24. The number of carboxylic acids is 1. The number of carboxylic acid groups (broad SMARTS) is 1. The first kappa shape index (κ1) is 12.0. The minimum atomic E-state index is -0.769. The van der Waals surface area contributed by atoms with Gasteiger partial charge in [0.1, 0.15) is 5.82 Å². The van der Waals surface area contributed by atoms with Gasteiger partial charge >= 0.3 is 5.97 Å². The number of likely N-dealkylation sites (tertiary alicyclic amines) is 1. The smallest absolute Gasteiger partial charge is 0.304 e. The molecule has 1 aliphatic heterocycles. The van der Waals surface area contributed by atoms with Gasteiger partial charge in [-0.25, -0.2) is 4.39 Å². The second kappa shape index (κ2) is 5.27. The molecule has 0 radical (unpaired) electrons. The molecule has 0 saturated carbocycles. The molecule has 4 heteroatoms. The third kappa shape index (κ3) is 3.03. The zero-order chi connectivity index (χ0) is 12.3. The molecular weight excluding hydrogens is 221 g/mol. The maximum absolute atomic E-state index is 12.8. The van der Waals surface area contributed by atoms with Gasteiger partial charge in [0.15, 0.2) is 0 Å². The van der Waals surface area contributed by atoms with E-state index in [1.807, 2.05) is 0 Å². The van der Waals surface area contributed by atoms with Gasteiger partial charge in [-0.2, -0.15) is 0 Å². The highest BCUT2D eigenvalue weighted by molar-refractivity contribution is 5.66. The predicted molar refractivity (Wildman–Crippen MR) is 62.2 cm³/mol. The van der Waals surface area contributed by atoms with E-state index in [1.54, 1.807) is 12.1 Å². The van der Waals surface area contributed by atoms with E-state index < -0.39 is 5.97 Å². The molecule has 0 unspecified atom stereocenters. The van der Waals surface area contributed by atoms with Gasteiger partial charge in [-0.05, 0) is 37.1 Å². The molecule has 1 aromatic rings. The Morgan fingerprint density at radius 3 is 2.76 bits per heavy atom. The molecule has 1 atom stereocenters. The normalized spacial score (nSPS) is 20.6. The predicted octanol–water partition coefficient (Wildman–Crippen LogP) is 2.44. The highest BCUT2D eigenvalue weighted by Gasteiger charge is 2.25. The van der Waals surface area contributed by atoms with Crippen LogP contribution in [0.1, 0.15) is 30.9 Å². The third-order valence-electron chi connectivity index (χ3n) is 3.23. The van der Waals surface area contributed by atoms with Crippen molar-refractivity contribution in [1.29, 1.82) is 0 Å². The molecule has 1 fully saturated rings. The summed E-state index contributed by atoms with van der Waals surface area (Å²) in [4.78, 5) is 12.7. The van der Waals surface area contributed by atoms with Crippen molar-refractivity contribution in [3.8, 4) is 0 Å². The molecule has 0 aromatic heterocycles. The van der Waals surface area contributed by atoms with Crippen LogP contribution in [0.5, 0.6) is 0 Å². The van der Waals surface area contributed by atoms with Crippen LogP contribution in [0.15, 0.2) is 24.3 Å². The number of halogens is 1. The van der Waals surface area contributed by atoms with Crippen LogP contribution in [0.3, 0.4) is 0 Å². The zero-order valence-electron chi connectivity index (χ0n) is 9.60. The summed E-state index contributed by atoms with van der Waals surface area (Å²) in [6.45, 7) is 1.49. The molecular formula is C13H16FNO2. The Bertz CT molecular complexity index is 391.